The van der Waals surface area contributed by atoms with E-state index in [0.29, 0.717) is 17.1 Å². The summed E-state index contributed by atoms with van der Waals surface area (Å²) in [5.41, 5.74) is 8.56. The van der Waals surface area contributed by atoms with Gasteiger partial charge in [0.2, 0.25) is 5.88 Å². The van der Waals surface area contributed by atoms with Crippen molar-refractivity contribution >= 4 is 5.97 Å². The highest BCUT2D eigenvalue weighted by atomic mass is 19.1. The molecular formula is C32H24F2N2O5. The Bertz CT molecular complexity index is 1650. The smallest absolute Gasteiger partial charge is 0.352 e. The van der Waals surface area contributed by atoms with Crippen LogP contribution < -0.4 is 24.7 Å². The summed E-state index contributed by atoms with van der Waals surface area (Å²) in [7, 11) is 0. The molecule has 0 saturated carbocycles. The number of benzene rings is 4. The number of nitriles is 1. The summed E-state index contributed by atoms with van der Waals surface area (Å²) in [4.78, 5) is 12.6. The van der Waals surface area contributed by atoms with Gasteiger partial charge in [-0.3, -0.25) is 0 Å². The molecule has 4 aromatic carbocycles. The van der Waals surface area contributed by atoms with Gasteiger partial charge in [-0.25, -0.2) is 13.6 Å². The lowest BCUT2D eigenvalue weighted by Gasteiger charge is -2.27. The highest BCUT2D eigenvalue weighted by molar-refractivity contribution is 5.77. The van der Waals surface area contributed by atoms with Crippen molar-refractivity contribution in [1.82, 2.24) is 0 Å². The summed E-state index contributed by atoms with van der Waals surface area (Å²) in [5.74, 6) is -1.25. The fourth-order valence-electron chi connectivity index (χ4n) is 4.32. The van der Waals surface area contributed by atoms with Gasteiger partial charge in [0, 0.05) is 11.6 Å². The quantitative estimate of drug-likeness (QED) is 0.206. The van der Waals surface area contributed by atoms with Gasteiger partial charge < -0.3 is 24.7 Å². The molecule has 0 radical (unpaired) electrons. The van der Waals surface area contributed by atoms with Gasteiger partial charge in [0.25, 0.3) is 0 Å². The zero-order chi connectivity index (χ0) is 28.9. The van der Waals surface area contributed by atoms with E-state index in [9.17, 15) is 18.8 Å². The molecule has 1 heterocycles. The molecule has 0 spiro atoms. The highest BCUT2D eigenvalue weighted by Gasteiger charge is 2.31. The van der Waals surface area contributed by atoms with E-state index in [4.69, 9.17) is 24.7 Å². The maximum Gasteiger partial charge on any atom is 0.352 e. The number of ether oxygens (including phenoxy) is 4. The summed E-state index contributed by atoms with van der Waals surface area (Å²) < 4.78 is 49.4. The predicted molar refractivity (Wildman–Crippen MR) is 145 cm³/mol. The normalized spacial score (nSPS) is 14.7. The van der Waals surface area contributed by atoms with Crippen molar-refractivity contribution in [2.45, 2.75) is 25.6 Å². The van der Waals surface area contributed by atoms with Crippen molar-refractivity contribution in [2.75, 3.05) is 0 Å². The van der Waals surface area contributed by atoms with E-state index >= 15 is 0 Å². The van der Waals surface area contributed by atoms with Crippen LogP contribution in [-0.4, -0.2) is 12.1 Å². The summed E-state index contributed by atoms with van der Waals surface area (Å²) >= 11 is 0. The molecule has 206 valence electrons. The van der Waals surface area contributed by atoms with E-state index in [0.717, 1.165) is 11.1 Å². The minimum absolute atomic E-state index is 0.0672. The molecule has 0 saturated heterocycles. The van der Waals surface area contributed by atoms with Gasteiger partial charge in [0.1, 0.15) is 41.3 Å². The molecule has 7 nitrogen and oxygen atoms in total. The van der Waals surface area contributed by atoms with Crippen LogP contribution in [0.25, 0.3) is 0 Å². The number of carbonyl (C=O) groups is 1. The van der Waals surface area contributed by atoms with Crippen LogP contribution in [0.5, 0.6) is 23.0 Å². The summed E-state index contributed by atoms with van der Waals surface area (Å²) in [6.07, 6.45) is -1.09. The Morgan fingerprint density at radius 1 is 1.00 bits per heavy atom. The van der Waals surface area contributed by atoms with Crippen LogP contribution in [0.15, 0.2) is 102 Å². The van der Waals surface area contributed by atoms with Crippen molar-refractivity contribution in [2.24, 2.45) is 5.73 Å². The molecule has 1 aliphatic heterocycles. The first-order valence-corrected chi connectivity index (χ1v) is 12.6. The van der Waals surface area contributed by atoms with Crippen molar-refractivity contribution in [1.29, 1.82) is 5.26 Å². The third-order valence-electron chi connectivity index (χ3n) is 6.41. The molecule has 2 N–H and O–H groups in total. The molecule has 5 rings (SSSR count). The van der Waals surface area contributed by atoms with Crippen LogP contribution in [0, 0.1) is 23.0 Å². The number of allylic oxidation sites excluding steroid dienone is 1. The van der Waals surface area contributed by atoms with Crippen molar-refractivity contribution in [3.63, 3.8) is 0 Å². The molecule has 2 atom stereocenters. The maximum absolute atomic E-state index is 13.9. The second kappa shape index (κ2) is 11.8. The molecule has 0 amide bonds. The van der Waals surface area contributed by atoms with Crippen LogP contribution in [-0.2, 0) is 11.4 Å². The average molecular weight is 555 g/mol. The van der Waals surface area contributed by atoms with Crippen LogP contribution in [0.2, 0.25) is 0 Å². The van der Waals surface area contributed by atoms with Gasteiger partial charge in [-0.15, -0.1) is 0 Å². The van der Waals surface area contributed by atoms with E-state index in [1.165, 1.54) is 43.3 Å². The topological polar surface area (TPSA) is 104 Å². The van der Waals surface area contributed by atoms with Gasteiger partial charge in [-0.1, -0.05) is 42.5 Å². The lowest BCUT2D eigenvalue weighted by atomic mass is 9.83. The molecule has 2 unspecified atom stereocenters. The Hall–Kier alpha value is -5.36. The Labute approximate surface area is 235 Å². The zero-order valence-electron chi connectivity index (χ0n) is 21.8. The minimum atomic E-state index is -1.09. The molecule has 0 fully saturated rings. The Kier molecular flexibility index (Phi) is 7.83. The number of nitrogens with zero attached hydrogens (tertiary/aromatic N) is 1. The molecule has 0 aromatic heterocycles. The maximum atomic E-state index is 13.9. The monoisotopic (exact) mass is 554 g/mol. The third kappa shape index (κ3) is 6.12. The first-order chi connectivity index (χ1) is 19.8. The third-order valence-corrected chi connectivity index (χ3v) is 6.41. The average Bonchev–Trinajstić information content (AvgIpc) is 2.97. The Balaban J connectivity index is 1.32. The van der Waals surface area contributed by atoms with E-state index in [-0.39, 0.29) is 35.4 Å². The number of carbonyl (C=O) groups excluding carboxylic acids is 1. The van der Waals surface area contributed by atoms with Gasteiger partial charge in [0.05, 0.1) is 5.92 Å². The molecule has 41 heavy (non-hydrogen) atoms. The number of nitrogens with two attached hydrogens (primary N) is 1. The van der Waals surface area contributed by atoms with Crippen LogP contribution >= 0.6 is 0 Å². The van der Waals surface area contributed by atoms with Gasteiger partial charge in [-0.2, -0.15) is 5.26 Å². The fourth-order valence-corrected chi connectivity index (χ4v) is 4.32. The Morgan fingerprint density at radius 3 is 2.41 bits per heavy atom. The first kappa shape index (κ1) is 27.2. The zero-order valence-corrected chi connectivity index (χ0v) is 21.8. The second-order valence-corrected chi connectivity index (χ2v) is 9.22. The molecular weight excluding hydrogens is 530 g/mol. The van der Waals surface area contributed by atoms with Crippen molar-refractivity contribution in [3.8, 4) is 29.1 Å². The second-order valence-electron chi connectivity index (χ2n) is 9.22. The predicted octanol–water partition coefficient (Wildman–Crippen LogP) is 6.13. The minimum Gasteiger partial charge on any atom is -0.489 e. The van der Waals surface area contributed by atoms with Gasteiger partial charge >= 0.3 is 5.97 Å². The van der Waals surface area contributed by atoms with E-state index < -0.39 is 23.8 Å². The number of rotatable bonds is 8. The molecule has 0 bridgehead atoms. The number of hydrogen-bond acceptors (Lipinski definition) is 7. The highest BCUT2D eigenvalue weighted by Crippen LogP contribution is 2.43. The lowest BCUT2D eigenvalue weighted by Crippen LogP contribution is -2.29. The number of hydrogen-bond donors (Lipinski definition) is 1. The number of fused-ring (bicyclic) bond motifs is 1. The van der Waals surface area contributed by atoms with Gasteiger partial charge in [0.15, 0.2) is 17.7 Å². The van der Waals surface area contributed by atoms with E-state index in [2.05, 4.69) is 6.07 Å². The molecule has 0 aliphatic carbocycles. The van der Waals surface area contributed by atoms with Crippen LogP contribution in [0.1, 0.15) is 29.5 Å². The molecule has 9 heteroatoms. The molecule has 4 aromatic rings. The Morgan fingerprint density at radius 2 is 1.71 bits per heavy atom. The number of halogens is 2. The van der Waals surface area contributed by atoms with E-state index in [1.807, 2.05) is 12.1 Å². The number of para-hydroxylation sites is 1. The largest absolute Gasteiger partial charge is 0.489 e. The summed E-state index contributed by atoms with van der Waals surface area (Å²) in [6, 6.07) is 25.9. The van der Waals surface area contributed by atoms with Crippen molar-refractivity contribution in [3.05, 3.63) is 131 Å². The first-order valence-electron chi connectivity index (χ1n) is 12.6. The summed E-state index contributed by atoms with van der Waals surface area (Å²) in [6.45, 7) is 1.72. The standard InChI is InChI=1S/C32H24F2N2O5/c1-19(39-28-5-3-2-4-27(28)34)32(37)40-24-14-15-25-29(16-24)41-31(36)26(17-35)30(25)21-8-12-23(13-9-21)38-18-20-6-10-22(33)11-7-20/h2-16,19,30H,18,36H2,1H3. The van der Waals surface area contributed by atoms with Crippen LogP contribution in [0.4, 0.5) is 8.78 Å². The van der Waals surface area contributed by atoms with Crippen molar-refractivity contribution < 1.29 is 32.5 Å². The fraction of sp³-hybridized carbons (Fsp3) is 0.125. The SMILES string of the molecule is CC(Oc1ccccc1F)C(=O)Oc1ccc2c(c1)OC(N)=C(C#N)C2c1ccc(OCc2ccc(F)cc2)cc1. The molecule has 1 aliphatic rings. The van der Waals surface area contributed by atoms with E-state index in [1.54, 1.807) is 42.5 Å². The summed E-state index contributed by atoms with van der Waals surface area (Å²) in [5, 5.41) is 9.85. The van der Waals surface area contributed by atoms with Gasteiger partial charge in [-0.05, 0) is 60.5 Å². The lowest BCUT2D eigenvalue weighted by molar-refractivity contribution is -0.141. The van der Waals surface area contributed by atoms with Crippen LogP contribution in [0.3, 0.4) is 0 Å². The number of esters is 1.